The van der Waals surface area contributed by atoms with E-state index in [-0.39, 0.29) is 0 Å². The van der Waals surface area contributed by atoms with Crippen LogP contribution < -0.4 is 0 Å². The fourth-order valence-electron chi connectivity index (χ4n) is 2.80. The number of piperidine rings is 1. The van der Waals surface area contributed by atoms with Crippen LogP contribution >= 0.6 is 0 Å². The number of likely N-dealkylation sites (tertiary alicyclic amines) is 1. The molecule has 1 aliphatic heterocycles. The molecule has 0 N–H and O–H groups in total. The van der Waals surface area contributed by atoms with Gasteiger partial charge in [0.25, 0.3) is 0 Å². The summed E-state index contributed by atoms with van der Waals surface area (Å²) in [5.74, 6) is 1.12. The first kappa shape index (κ1) is 11.5. The van der Waals surface area contributed by atoms with Crippen LogP contribution in [0.1, 0.15) is 36.6 Å². The zero-order chi connectivity index (χ0) is 12.2. The highest BCUT2D eigenvalue weighted by molar-refractivity contribution is 5.15. The first-order chi connectivity index (χ1) is 8.93. The van der Waals surface area contributed by atoms with Crippen LogP contribution in [0.5, 0.6) is 0 Å². The first-order valence-corrected chi connectivity index (χ1v) is 6.75. The summed E-state index contributed by atoms with van der Waals surface area (Å²) in [5.41, 5.74) is 1.39. The van der Waals surface area contributed by atoms with E-state index in [0.717, 1.165) is 12.3 Å². The predicted octanol–water partition coefficient (Wildman–Crippen LogP) is 4.01. The molecule has 94 valence electrons. The van der Waals surface area contributed by atoms with Gasteiger partial charge >= 0.3 is 0 Å². The summed E-state index contributed by atoms with van der Waals surface area (Å²) < 4.78 is 5.60. The van der Waals surface area contributed by atoms with Crippen molar-refractivity contribution in [3.63, 3.8) is 0 Å². The Hall–Kier alpha value is -1.54. The second-order valence-corrected chi connectivity index (χ2v) is 4.98. The van der Waals surface area contributed by atoms with Gasteiger partial charge in [0.2, 0.25) is 0 Å². The topological polar surface area (TPSA) is 16.4 Å². The minimum Gasteiger partial charge on any atom is -0.468 e. The Morgan fingerprint density at radius 1 is 1.06 bits per heavy atom. The second kappa shape index (κ2) is 5.40. The van der Waals surface area contributed by atoms with Gasteiger partial charge in [0.1, 0.15) is 5.76 Å². The van der Waals surface area contributed by atoms with Crippen molar-refractivity contribution in [3.8, 4) is 0 Å². The van der Waals surface area contributed by atoms with Gasteiger partial charge in [-0.2, -0.15) is 0 Å². The van der Waals surface area contributed by atoms with Crippen LogP contribution in [0, 0.1) is 0 Å². The molecule has 0 radical (unpaired) electrons. The monoisotopic (exact) mass is 241 g/mol. The molecule has 2 heteroatoms. The molecule has 2 nitrogen and oxygen atoms in total. The molecule has 0 saturated carbocycles. The fourth-order valence-corrected chi connectivity index (χ4v) is 2.80. The van der Waals surface area contributed by atoms with Crippen molar-refractivity contribution in [2.45, 2.75) is 31.8 Å². The van der Waals surface area contributed by atoms with E-state index in [4.69, 9.17) is 4.42 Å². The van der Waals surface area contributed by atoms with Gasteiger partial charge in [-0.3, -0.25) is 4.90 Å². The van der Waals surface area contributed by atoms with Gasteiger partial charge in [0.15, 0.2) is 0 Å². The lowest BCUT2D eigenvalue weighted by atomic mass is 9.99. The number of furan rings is 1. The summed E-state index contributed by atoms with van der Waals surface area (Å²) in [7, 11) is 0. The van der Waals surface area contributed by atoms with E-state index in [0.29, 0.717) is 6.04 Å². The zero-order valence-electron chi connectivity index (χ0n) is 10.6. The zero-order valence-corrected chi connectivity index (χ0v) is 10.6. The second-order valence-electron chi connectivity index (χ2n) is 4.98. The minimum atomic E-state index is 0.453. The van der Waals surface area contributed by atoms with Crippen LogP contribution in [0.25, 0.3) is 0 Å². The number of nitrogens with zero attached hydrogens (tertiary/aromatic N) is 1. The third-order valence-corrected chi connectivity index (χ3v) is 3.71. The van der Waals surface area contributed by atoms with Crippen LogP contribution in [0.3, 0.4) is 0 Å². The quantitative estimate of drug-likeness (QED) is 0.807. The molecule has 1 aromatic heterocycles. The van der Waals surface area contributed by atoms with E-state index in [9.17, 15) is 0 Å². The molecule has 18 heavy (non-hydrogen) atoms. The van der Waals surface area contributed by atoms with Crippen molar-refractivity contribution < 1.29 is 4.42 Å². The molecule has 0 spiro atoms. The summed E-state index contributed by atoms with van der Waals surface area (Å²) >= 11 is 0. The molecule has 1 unspecified atom stereocenters. The molecular formula is C16H19NO. The summed E-state index contributed by atoms with van der Waals surface area (Å²) in [5, 5.41) is 0. The Bertz CT molecular complexity index is 463. The molecule has 1 saturated heterocycles. The molecule has 0 aliphatic carbocycles. The van der Waals surface area contributed by atoms with E-state index < -0.39 is 0 Å². The van der Waals surface area contributed by atoms with Crippen molar-refractivity contribution in [2.24, 2.45) is 0 Å². The van der Waals surface area contributed by atoms with Gasteiger partial charge in [-0.05, 0) is 37.1 Å². The van der Waals surface area contributed by atoms with Crippen LogP contribution in [-0.2, 0) is 6.54 Å². The molecule has 2 heterocycles. The molecule has 1 aliphatic rings. The first-order valence-electron chi connectivity index (χ1n) is 6.75. The number of benzene rings is 1. The molecular weight excluding hydrogens is 222 g/mol. The highest BCUT2D eigenvalue weighted by Gasteiger charge is 2.25. The summed E-state index contributed by atoms with van der Waals surface area (Å²) in [6.07, 6.45) is 5.59. The number of rotatable bonds is 3. The standard InChI is InChI=1S/C16H19NO/c1-2-7-14(8-3-1)13-17-11-5-4-9-15(17)16-10-6-12-18-16/h1-3,6-8,10,12,15H,4-5,9,11,13H2. The lowest BCUT2D eigenvalue weighted by Crippen LogP contribution is -2.32. The molecule has 3 rings (SSSR count). The van der Waals surface area contributed by atoms with Crippen molar-refractivity contribution in [3.05, 3.63) is 60.1 Å². The maximum Gasteiger partial charge on any atom is 0.120 e. The van der Waals surface area contributed by atoms with Crippen LogP contribution in [0.2, 0.25) is 0 Å². The molecule has 2 aromatic rings. The van der Waals surface area contributed by atoms with Gasteiger partial charge in [-0.15, -0.1) is 0 Å². The van der Waals surface area contributed by atoms with E-state index in [1.165, 1.54) is 31.4 Å². The van der Waals surface area contributed by atoms with E-state index in [1.54, 1.807) is 6.26 Å². The molecule has 0 amide bonds. The third kappa shape index (κ3) is 2.49. The Morgan fingerprint density at radius 2 is 1.94 bits per heavy atom. The van der Waals surface area contributed by atoms with Crippen LogP contribution in [-0.4, -0.2) is 11.4 Å². The van der Waals surface area contributed by atoms with E-state index in [2.05, 4.69) is 41.3 Å². The van der Waals surface area contributed by atoms with E-state index >= 15 is 0 Å². The van der Waals surface area contributed by atoms with Crippen molar-refractivity contribution in [1.82, 2.24) is 4.90 Å². The smallest absolute Gasteiger partial charge is 0.120 e. The third-order valence-electron chi connectivity index (χ3n) is 3.71. The van der Waals surface area contributed by atoms with Gasteiger partial charge in [-0.25, -0.2) is 0 Å². The van der Waals surface area contributed by atoms with E-state index in [1.807, 2.05) is 6.07 Å². The Balaban J connectivity index is 1.76. The average Bonchev–Trinajstić information content (AvgIpc) is 2.94. The van der Waals surface area contributed by atoms with Crippen molar-refractivity contribution in [2.75, 3.05) is 6.54 Å². The summed E-state index contributed by atoms with van der Waals surface area (Å²) in [6.45, 7) is 2.19. The van der Waals surface area contributed by atoms with Crippen LogP contribution in [0.15, 0.2) is 53.1 Å². The average molecular weight is 241 g/mol. The predicted molar refractivity (Wildman–Crippen MR) is 72.2 cm³/mol. The van der Waals surface area contributed by atoms with Crippen molar-refractivity contribution in [1.29, 1.82) is 0 Å². The lowest BCUT2D eigenvalue weighted by Gasteiger charge is -2.34. The normalized spacial score (nSPS) is 21.0. The molecule has 1 atom stereocenters. The Morgan fingerprint density at radius 3 is 2.72 bits per heavy atom. The minimum absolute atomic E-state index is 0.453. The van der Waals surface area contributed by atoms with Gasteiger partial charge in [0, 0.05) is 6.54 Å². The molecule has 0 bridgehead atoms. The largest absolute Gasteiger partial charge is 0.468 e. The highest BCUT2D eigenvalue weighted by Crippen LogP contribution is 2.32. The Kier molecular flexibility index (Phi) is 3.47. The molecule has 1 aromatic carbocycles. The SMILES string of the molecule is c1ccc(CN2CCCCC2c2ccco2)cc1. The summed E-state index contributed by atoms with van der Waals surface area (Å²) in [4.78, 5) is 2.54. The maximum absolute atomic E-state index is 5.60. The number of hydrogen-bond donors (Lipinski definition) is 0. The number of hydrogen-bond acceptors (Lipinski definition) is 2. The van der Waals surface area contributed by atoms with Gasteiger partial charge in [0.05, 0.1) is 12.3 Å². The van der Waals surface area contributed by atoms with Gasteiger partial charge in [-0.1, -0.05) is 36.8 Å². The van der Waals surface area contributed by atoms with Gasteiger partial charge < -0.3 is 4.42 Å². The van der Waals surface area contributed by atoms with Crippen LogP contribution in [0.4, 0.5) is 0 Å². The summed E-state index contributed by atoms with van der Waals surface area (Å²) in [6, 6.07) is 15.3. The Labute approximate surface area is 108 Å². The lowest BCUT2D eigenvalue weighted by molar-refractivity contribution is 0.122. The highest BCUT2D eigenvalue weighted by atomic mass is 16.3. The maximum atomic E-state index is 5.60. The van der Waals surface area contributed by atoms with Crippen molar-refractivity contribution >= 4 is 0 Å². The molecule has 1 fully saturated rings. The fraction of sp³-hybridized carbons (Fsp3) is 0.375.